The van der Waals surface area contributed by atoms with Crippen LogP contribution in [0.4, 0.5) is 0 Å². The highest BCUT2D eigenvalue weighted by atomic mass is 16.5. The van der Waals surface area contributed by atoms with Gasteiger partial charge in [-0.3, -0.25) is 10.2 Å². The highest BCUT2D eigenvalue weighted by Crippen LogP contribution is 2.15. The van der Waals surface area contributed by atoms with Crippen LogP contribution in [0.25, 0.3) is 0 Å². The zero-order valence-electron chi connectivity index (χ0n) is 12.8. The molecule has 1 aromatic heterocycles. The van der Waals surface area contributed by atoms with Crippen LogP contribution >= 0.6 is 0 Å². The summed E-state index contributed by atoms with van der Waals surface area (Å²) in [6.45, 7) is 4.86. The van der Waals surface area contributed by atoms with Crippen LogP contribution < -0.4 is 10.2 Å². The van der Waals surface area contributed by atoms with Crippen LogP contribution in [-0.4, -0.2) is 73.3 Å². The van der Waals surface area contributed by atoms with Crippen LogP contribution in [0.3, 0.4) is 0 Å². The van der Waals surface area contributed by atoms with Crippen molar-refractivity contribution in [3.63, 3.8) is 0 Å². The van der Waals surface area contributed by atoms with Crippen molar-refractivity contribution in [2.75, 3.05) is 46.4 Å². The van der Waals surface area contributed by atoms with E-state index >= 15 is 0 Å². The van der Waals surface area contributed by atoms with Gasteiger partial charge in [-0.1, -0.05) is 0 Å². The summed E-state index contributed by atoms with van der Waals surface area (Å²) in [5.74, 6) is 0.348. The molecule has 0 aliphatic carbocycles. The molecule has 1 aromatic rings. The van der Waals surface area contributed by atoms with Crippen LogP contribution in [0.1, 0.15) is 16.8 Å². The number of ether oxygens (including phenoxy) is 2. The number of rotatable bonds is 4. The van der Waals surface area contributed by atoms with E-state index in [-0.39, 0.29) is 12.0 Å². The van der Waals surface area contributed by atoms with Gasteiger partial charge in [0.05, 0.1) is 13.2 Å². The lowest BCUT2D eigenvalue weighted by atomic mass is 10.2. The maximum atomic E-state index is 12.3. The number of nitrogens with one attached hydrogen (secondary N) is 1. The molecule has 2 fully saturated rings. The first-order valence-corrected chi connectivity index (χ1v) is 7.65. The van der Waals surface area contributed by atoms with Gasteiger partial charge in [-0.05, 0) is 13.1 Å². The van der Waals surface area contributed by atoms with Gasteiger partial charge in [0.2, 0.25) is 5.88 Å². The summed E-state index contributed by atoms with van der Waals surface area (Å²) in [5, 5.41) is 1.95. The highest BCUT2D eigenvalue weighted by Gasteiger charge is 2.19. The molecule has 2 saturated heterocycles. The van der Waals surface area contributed by atoms with Crippen molar-refractivity contribution < 1.29 is 14.3 Å². The lowest BCUT2D eigenvalue weighted by molar-refractivity contribution is 0.0661. The number of hydrogen-bond acceptors (Lipinski definition) is 6. The first-order chi connectivity index (χ1) is 10.7. The zero-order valence-corrected chi connectivity index (χ0v) is 12.8. The topological polar surface area (TPSA) is 66.9 Å². The molecular formula is C15H22N4O3. The van der Waals surface area contributed by atoms with Crippen LogP contribution in [0.5, 0.6) is 5.88 Å². The number of carbonyl (C=O) groups is 1. The van der Waals surface area contributed by atoms with Crippen molar-refractivity contribution in [1.29, 1.82) is 0 Å². The summed E-state index contributed by atoms with van der Waals surface area (Å²) in [7, 11) is 2.08. The average Bonchev–Trinajstić information content (AvgIpc) is 3.03. The number of likely N-dealkylation sites (N-methyl/N-ethyl adjacent to an activating group) is 1. The van der Waals surface area contributed by atoms with Crippen LogP contribution in [0, 0.1) is 0 Å². The van der Waals surface area contributed by atoms with E-state index in [0.29, 0.717) is 24.7 Å². The van der Waals surface area contributed by atoms with Gasteiger partial charge in [0.25, 0.3) is 5.91 Å². The molecule has 0 aromatic carbocycles. The standard InChI is InChI=1S/C15H22N4O3/c1-18-5-7-19(8-6-18)17-15(20)12-2-4-16-14(10-12)22-13-3-9-21-11-13/h2,4,10,13H,3,5-9,11H2,1H3,(H,17,20)/t13-/m0/s1. The molecular weight excluding hydrogens is 284 g/mol. The number of hydrogen-bond donors (Lipinski definition) is 1. The number of hydrazine groups is 1. The Morgan fingerprint density at radius 2 is 2.23 bits per heavy atom. The number of carbonyl (C=O) groups excluding carboxylic acids is 1. The van der Waals surface area contributed by atoms with Crippen molar-refractivity contribution in [1.82, 2.24) is 20.3 Å². The zero-order chi connectivity index (χ0) is 15.4. The minimum atomic E-state index is -0.125. The van der Waals surface area contributed by atoms with E-state index in [1.54, 1.807) is 18.3 Å². The molecule has 0 radical (unpaired) electrons. The predicted octanol–water partition coefficient (Wildman–Crippen LogP) is 0.141. The van der Waals surface area contributed by atoms with E-state index in [1.165, 1.54) is 0 Å². The molecule has 1 N–H and O–H groups in total. The van der Waals surface area contributed by atoms with Crippen LogP contribution in [0.2, 0.25) is 0 Å². The summed E-state index contributed by atoms with van der Waals surface area (Å²) in [5.41, 5.74) is 3.49. The quantitative estimate of drug-likeness (QED) is 0.854. The lowest BCUT2D eigenvalue weighted by Crippen LogP contribution is -2.52. The van der Waals surface area contributed by atoms with E-state index in [1.807, 2.05) is 5.01 Å². The largest absolute Gasteiger partial charge is 0.472 e. The third-order valence-corrected chi connectivity index (χ3v) is 3.94. The minimum Gasteiger partial charge on any atom is -0.472 e. The van der Waals surface area contributed by atoms with Crippen molar-refractivity contribution in [2.24, 2.45) is 0 Å². The fourth-order valence-electron chi connectivity index (χ4n) is 2.52. The third kappa shape index (κ3) is 3.94. The van der Waals surface area contributed by atoms with Crippen LogP contribution in [0.15, 0.2) is 18.3 Å². The Hall–Kier alpha value is -1.70. The second-order valence-electron chi connectivity index (χ2n) is 5.72. The molecule has 7 heteroatoms. The summed E-state index contributed by atoms with van der Waals surface area (Å²) in [6, 6.07) is 3.38. The van der Waals surface area contributed by atoms with Gasteiger partial charge in [0, 0.05) is 50.4 Å². The van der Waals surface area contributed by atoms with E-state index < -0.39 is 0 Å². The molecule has 22 heavy (non-hydrogen) atoms. The molecule has 1 atom stereocenters. The second kappa shape index (κ2) is 7.04. The molecule has 3 rings (SSSR count). The smallest absolute Gasteiger partial charge is 0.265 e. The summed E-state index contributed by atoms with van der Waals surface area (Å²) in [6.07, 6.45) is 2.49. The summed E-state index contributed by atoms with van der Waals surface area (Å²) < 4.78 is 11.0. The maximum Gasteiger partial charge on any atom is 0.265 e. The van der Waals surface area contributed by atoms with Crippen molar-refractivity contribution >= 4 is 5.91 Å². The van der Waals surface area contributed by atoms with Gasteiger partial charge < -0.3 is 14.4 Å². The fraction of sp³-hybridized carbons (Fsp3) is 0.600. The summed E-state index contributed by atoms with van der Waals surface area (Å²) in [4.78, 5) is 18.7. The highest BCUT2D eigenvalue weighted by molar-refractivity contribution is 5.94. The Morgan fingerprint density at radius 3 is 2.95 bits per heavy atom. The maximum absolute atomic E-state index is 12.3. The van der Waals surface area contributed by atoms with E-state index in [0.717, 1.165) is 32.6 Å². The number of piperazine rings is 1. The van der Waals surface area contributed by atoms with Gasteiger partial charge in [-0.2, -0.15) is 0 Å². The van der Waals surface area contributed by atoms with Gasteiger partial charge in [-0.25, -0.2) is 9.99 Å². The molecule has 1 amide bonds. The molecule has 2 aliphatic rings. The van der Waals surface area contributed by atoms with E-state index in [2.05, 4.69) is 22.4 Å². The number of aromatic nitrogens is 1. The normalized spacial score (nSPS) is 23.4. The first kappa shape index (κ1) is 15.2. The Labute approximate surface area is 130 Å². The first-order valence-electron chi connectivity index (χ1n) is 7.65. The molecule has 0 spiro atoms. The van der Waals surface area contributed by atoms with Crippen molar-refractivity contribution in [2.45, 2.75) is 12.5 Å². The monoisotopic (exact) mass is 306 g/mol. The number of amides is 1. The molecule has 120 valence electrons. The molecule has 3 heterocycles. The van der Waals surface area contributed by atoms with Gasteiger partial charge in [0.1, 0.15) is 6.10 Å². The predicted molar refractivity (Wildman–Crippen MR) is 80.6 cm³/mol. The molecule has 0 saturated carbocycles. The Kier molecular flexibility index (Phi) is 4.87. The minimum absolute atomic E-state index is 0.0310. The van der Waals surface area contributed by atoms with E-state index in [9.17, 15) is 4.79 Å². The summed E-state index contributed by atoms with van der Waals surface area (Å²) >= 11 is 0. The van der Waals surface area contributed by atoms with Gasteiger partial charge in [0.15, 0.2) is 0 Å². The van der Waals surface area contributed by atoms with Gasteiger partial charge >= 0.3 is 0 Å². The average molecular weight is 306 g/mol. The van der Waals surface area contributed by atoms with Crippen molar-refractivity contribution in [3.05, 3.63) is 23.9 Å². The molecule has 2 aliphatic heterocycles. The van der Waals surface area contributed by atoms with Gasteiger partial charge in [-0.15, -0.1) is 0 Å². The SMILES string of the molecule is CN1CCN(NC(=O)c2ccnc(O[C@H]3CCOC3)c2)CC1. The van der Waals surface area contributed by atoms with Crippen molar-refractivity contribution in [3.8, 4) is 5.88 Å². The Morgan fingerprint density at radius 1 is 1.41 bits per heavy atom. The van der Waals surface area contributed by atoms with E-state index in [4.69, 9.17) is 9.47 Å². The third-order valence-electron chi connectivity index (χ3n) is 3.94. The second-order valence-corrected chi connectivity index (χ2v) is 5.72. The molecule has 7 nitrogen and oxygen atoms in total. The number of nitrogens with zero attached hydrogens (tertiary/aromatic N) is 3. The Bertz CT molecular complexity index is 511. The molecule has 0 bridgehead atoms. The molecule has 0 unspecified atom stereocenters. The number of pyridine rings is 1. The fourth-order valence-corrected chi connectivity index (χ4v) is 2.52. The lowest BCUT2D eigenvalue weighted by Gasteiger charge is -2.32. The Balaban J connectivity index is 1.57. The van der Waals surface area contributed by atoms with Crippen LogP contribution in [-0.2, 0) is 4.74 Å².